The Kier molecular flexibility index (Phi) is 4.45. The van der Waals surface area contributed by atoms with Crippen molar-refractivity contribution in [3.63, 3.8) is 0 Å². The second-order valence-corrected chi connectivity index (χ2v) is 6.45. The van der Waals surface area contributed by atoms with Crippen molar-refractivity contribution in [3.05, 3.63) is 22.4 Å². The van der Waals surface area contributed by atoms with Gasteiger partial charge in [-0.05, 0) is 31.7 Å². The van der Waals surface area contributed by atoms with Gasteiger partial charge in [-0.1, -0.05) is 0 Å². The molecule has 6 heteroatoms. The zero-order valence-corrected chi connectivity index (χ0v) is 12.8. The van der Waals surface area contributed by atoms with Crippen molar-refractivity contribution in [3.8, 4) is 0 Å². The molecular formula is C14H21N3O2S. The van der Waals surface area contributed by atoms with E-state index in [2.05, 4.69) is 0 Å². The lowest BCUT2D eigenvalue weighted by Crippen LogP contribution is -2.52. The van der Waals surface area contributed by atoms with Crippen molar-refractivity contribution in [2.75, 3.05) is 26.2 Å². The summed E-state index contributed by atoms with van der Waals surface area (Å²) in [6.45, 7) is 5.89. The largest absolute Gasteiger partial charge is 0.339 e. The topological polar surface area (TPSA) is 66.6 Å². The second kappa shape index (κ2) is 5.93. The Bertz CT molecular complexity index is 479. The van der Waals surface area contributed by atoms with Gasteiger partial charge in [-0.25, -0.2) is 0 Å². The highest BCUT2D eigenvalue weighted by atomic mass is 32.1. The maximum absolute atomic E-state index is 12.3. The molecule has 1 aliphatic heterocycles. The quantitative estimate of drug-likeness (QED) is 0.890. The minimum atomic E-state index is -0.855. The molecule has 0 atom stereocenters. The normalized spacial score (nSPS) is 16.9. The fourth-order valence-electron chi connectivity index (χ4n) is 2.30. The first-order valence-corrected chi connectivity index (χ1v) is 7.73. The Morgan fingerprint density at radius 2 is 1.85 bits per heavy atom. The van der Waals surface area contributed by atoms with E-state index in [0.29, 0.717) is 26.2 Å². The number of nitrogens with two attached hydrogens (primary N) is 1. The van der Waals surface area contributed by atoms with E-state index in [1.165, 1.54) is 11.3 Å². The summed E-state index contributed by atoms with van der Waals surface area (Å²) in [5, 5.41) is 3.76. The van der Waals surface area contributed by atoms with Crippen molar-refractivity contribution in [1.29, 1.82) is 0 Å². The summed E-state index contributed by atoms with van der Waals surface area (Å²) < 4.78 is 0. The van der Waals surface area contributed by atoms with Crippen LogP contribution in [0.4, 0.5) is 0 Å². The smallest absolute Gasteiger partial charge is 0.254 e. The summed E-state index contributed by atoms with van der Waals surface area (Å²) in [4.78, 5) is 28.1. The number of hydrogen-bond acceptors (Lipinski definition) is 4. The third kappa shape index (κ3) is 3.37. The molecule has 2 amide bonds. The second-order valence-electron chi connectivity index (χ2n) is 5.67. The predicted octanol–water partition coefficient (Wildman–Crippen LogP) is 1.16. The van der Waals surface area contributed by atoms with Gasteiger partial charge in [-0.2, -0.15) is 11.3 Å². The monoisotopic (exact) mass is 295 g/mol. The third-order valence-electron chi connectivity index (χ3n) is 3.39. The maximum atomic E-state index is 12.3. The Balaban J connectivity index is 1.99. The van der Waals surface area contributed by atoms with Gasteiger partial charge in [0.1, 0.15) is 0 Å². The van der Waals surface area contributed by atoms with Gasteiger partial charge in [-0.3, -0.25) is 9.59 Å². The molecule has 0 unspecified atom stereocenters. The molecule has 1 saturated heterocycles. The summed E-state index contributed by atoms with van der Waals surface area (Å²) in [6, 6.07) is 1.84. The summed E-state index contributed by atoms with van der Waals surface area (Å²) in [5.41, 5.74) is 5.74. The van der Waals surface area contributed by atoms with Crippen molar-refractivity contribution in [1.82, 2.24) is 9.80 Å². The van der Waals surface area contributed by atoms with Crippen LogP contribution in [0, 0.1) is 0 Å². The Labute approximate surface area is 123 Å². The zero-order valence-electron chi connectivity index (χ0n) is 12.0. The summed E-state index contributed by atoms with van der Waals surface area (Å²) in [7, 11) is 0. The average molecular weight is 295 g/mol. The van der Waals surface area contributed by atoms with Crippen LogP contribution in [-0.2, 0) is 4.79 Å². The van der Waals surface area contributed by atoms with Crippen molar-refractivity contribution in [2.24, 2.45) is 5.73 Å². The van der Waals surface area contributed by atoms with Crippen LogP contribution in [0.1, 0.15) is 30.6 Å². The van der Waals surface area contributed by atoms with Crippen LogP contribution >= 0.6 is 11.3 Å². The molecule has 2 N–H and O–H groups in total. The van der Waals surface area contributed by atoms with E-state index in [1.54, 1.807) is 18.7 Å². The highest BCUT2D eigenvalue weighted by molar-refractivity contribution is 7.08. The number of carbonyl (C=O) groups is 2. The molecule has 0 spiro atoms. The number of rotatable bonds is 2. The lowest BCUT2D eigenvalue weighted by molar-refractivity contribution is -0.135. The maximum Gasteiger partial charge on any atom is 0.254 e. The van der Waals surface area contributed by atoms with E-state index in [9.17, 15) is 9.59 Å². The first-order chi connectivity index (χ1) is 9.39. The van der Waals surface area contributed by atoms with E-state index in [4.69, 9.17) is 5.73 Å². The van der Waals surface area contributed by atoms with Gasteiger partial charge in [0.25, 0.3) is 5.91 Å². The molecule has 2 rings (SSSR count). The number of nitrogens with zero attached hydrogens (tertiary/aromatic N) is 2. The van der Waals surface area contributed by atoms with Crippen molar-refractivity contribution < 1.29 is 9.59 Å². The number of thiophene rings is 1. The van der Waals surface area contributed by atoms with E-state index in [-0.39, 0.29) is 11.8 Å². The lowest BCUT2D eigenvalue weighted by Gasteiger charge is -2.28. The summed E-state index contributed by atoms with van der Waals surface area (Å²) >= 11 is 1.52. The molecule has 1 aliphatic rings. The molecular weight excluding hydrogens is 274 g/mol. The average Bonchev–Trinajstić information content (AvgIpc) is 2.80. The molecule has 2 heterocycles. The van der Waals surface area contributed by atoms with Crippen LogP contribution < -0.4 is 5.73 Å². The fraction of sp³-hybridized carbons (Fsp3) is 0.571. The minimum Gasteiger partial charge on any atom is -0.339 e. The number of amides is 2. The van der Waals surface area contributed by atoms with E-state index in [1.807, 2.05) is 21.7 Å². The number of carbonyl (C=O) groups excluding carboxylic acids is 2. The van der Waals surface area contributed by atoms with Gasteiger partial charge >= 0.3 is 0 Å². The van der Waals surface area contributed by atoms with E-state index < -0.39 is 5.54 Å². The van der Waals surface area contributed by atoms with E-state index in [0.717, 1.165) is 12.0 Å². The van der Waals surface area contributed by atoms with Crippen LogP contribution in [-0.4, -0.2) is 53.3 Å². The molecule has 0 aromatic carbocycles. The third-order valence-corrected chi connectivity index (χ3v) is 4.07. The minimum absolute atomic E-state index is 0.0487. The van der Waals surface area contributed by atoms with Gasteiger partial charge in [0.05, 0.1) is 11.1 Å². The van der Waals surface area contributed by atoms with Gasteiger partial charge < -0.3 is 15.5 Å². The fourth-order valence-corrected chi connectivity index (χ4v) is 2.93. The first-order valence-electron chi connectivity index (χ1n) is 6.79. The highest BCUT2D eigenvalue weighted by Crippen LogP contribution is 2.13. The van der Waals surface area contributed by atoms with Gasteiger partial charge in [-0.15, -0.1) is 0 Å². The molecule has 0 saturated carbocycles. The summed E-state index contributed by atoms with van der Waals surface area (Å²) in [6.07, 6.45) is 0.789. The van der Waals surface area contributed by atoms with Crippen LogP contribution in [0.5, 0.6) is 0 Å². The van der Waals surface area contributed by atoms with Crippen molar-refractivity contribution in [2.45, 2.75) is 25.8 Å². The van der Waals surface area contributed by atoms with Gasteiger partial charge in [0, 0.05) is 31.6 Å². The molecule has 0 aliphatic carbocycles. The first kappa shape index (κ1) is 15.0. The van der Waals surface area contributed by atoms with Gasteiger partial charge in [0.15, 0.2) is 0 Å². The van der Waals surface area contributed by atoms with Crippen LogP contribution in [0.15, 0.2) is 16.8 Å². The molecule has 1 fully saturated rings. The Morgan fingerprint density at radius 3 is 2.45 bits per heavy atom. The molecule has 20 heavy (non-hydrogen) atoms. The summed E-state index contributed by atoms with van der Waals surface area (Å²) in [5.74, 6) is -0.00473. The number of hydrogen-bond donors (Lipinski definition) is 1. The lowest BCUT2D eigenvalue weighted by atomic mass is 10.1. The van der Waals surface area contributed by atoms with Crippen LogP contribution in [0.2, 0.25) is 0 Å². The van der Waals surface area contributed by atoms with Crippen LogP contribution in [0.25, 0.3) is 0 Å². The molecule has 0 bridgehead atoms. The Hall–Kier alpha value is -1.40. The highest BCUT2D eigenvalue weighted by Gasteiger charge is 2.30. The molecule has 110 valence electrons. The Morgan fingerprint density at radius 1 is 1.20 bits per heavy atom. The molecule has 1 aromatic rings. The molecule has 0 radical (unpaired) electrons. The zero-order chi connectivity index (χ0) is 14.8. The molecule has 5 nitrogen and oxygen atoms in total. The van der Waals surface area contributed by atoms with Crippen molar-refractivity contribution >= 4 is 23.2 Å². The van der Waals surface area contributed by atoms with E-state index >= 15 is 0 Å². The van der Waals surface area contributed by atoms with Crippen LogP contribution in [0.3, 0.4) is 0 Å². The van der Waals surface area contributed by atoms with Gasteiger partial charge in [0.2, 0.25) is 5.91 Å². The predicted molar refractivity (Wildman–Crippen MR) is 79.7 cm³/mol. The molecule has 1 aromatic heterocycles. The standard InChI is InChI=1S/C14H21N3O2S/c1-14(2,15)13(19)17-6-3-5-16(7-8-17)12(18)11-4-9-20-10-11/h4,9-10H,3,5-8,15H2,1-2H3. The SMILES string of the molecule is CC(C)(N)C(=O)N1CCCN(C(=O)c2ccsc2)CC1.